The van der Waals surface area contributed by atoms with Gasteiger partial charge in [0, 0.05) is 6.54 Å². The lowest BCUT2D eigenvalue weighted by atomic mass is 9.80. The minimum absolute atomic E-state index is 0.157. The number of benzene rings is 1. The van der Waals surface area contributed by atoms with Crippen molar-refractivity contribution in [3.8, 4) is 0 Å². The molecule has 2 atom stereocenters. The molecule has 6 nitrogen and oxygen atoms in total. The summed E-state index contributed by atoms with van der Waals surface area (Å²) in [6.45, 7) is 0.716. The van der Waals surface area contributed by atoms with Crippen LogP contribution in [0.4, 0.5) is 0 Å². The number of allylic oxidation sites excluding steroid dienone is 1. The number of aliphatic hydroxyl groups is 2. The fraction of sp³-hybridized carbons (Fsp3) is 0.333. The molecule has 0 radical (unpaired) electrons. The van der Waals surface area contributed by atoms with Crippen molar-refractivity contribution in [2.75, 3.05) is 6.54 Å². The van der Waals surface area contributed by atoms with Gasteiger partial charge >= 0.3 is 7.12 Å². The molecule has 3 heterocycles. The van der Waals surface area contributed by atoms with Crippen LogP contribution in [0.5, 0.6) is 0 Å². The van der Waals surface area contributed by atoms with E-state index in [4.69, 9.17) is 14.0 Å². The Morgan fingerprint density at radius 3 is 2.77 bits per heavy atom. The molecular formula is C15H16BNO5. The molecule has 1 aromatic rings. The fourth-order valence-corrected chi connectivity index (χ4v) is 2.93. The van der Waals surface area contributed by atoms with E-state index in [0.29, 0.717) is 18.7 Å². The summed E-state index contributed by atoms with van der Waals surface area (Å²) in [6, 6.07) is 9.35. The van der Waals surface area contributed by atoms with Crippen LogP contribution in [0.25, 0.3) is 0 Å². The molecule has 4 rings (SSSR count). The van der Waals surface area contributed by atoms with Gasteiger partial charge in [0.05, 0.1) is 11.9 Å². The average Bonchev–Trinajstić information content (AvgIpc) is 3.19. The molecule has 3 aliphatic rings. The molecule has 0 amide bonds. The quantitative estimate of drug-likeness (QED) is 0.645. The molecule has 2 N–H and O–H groups in total. The Morgan fingerprint density at radius 1 is 1.14 bits per heavy atom. The summed E-state index contributed by atoms with van der Waals surface area (Å²) < 4.78 is 16.5. The van der Waals surface area contributed by atoms with Crippen LogP contribution < -0.4 is 0 Å². The highest BCUT2D eigenvalue weighted by Crippen LogP contribution is 2.42. The Balaban J connectivity index is 1.54. The Bertz CT molecular complexity index is 632. The molecule has 0 saturated carbocycles. The summed E-state index contributed by atoms with van der Waals surface area (Å²) in [6.07, 6.45) is 2.92. The van der Waals surface area contributed by atoms with Crippen molar-refractivity contribution < 1.29 is 24.3 Å². The monoisotopic (exact) mass is 301 g/mol. The van der Waals surface area contributed by atoms with Crippen molar-refractivity contribution in [3.63, 3.8) is 0 Å². The van der Waals surface area contributed by atoms with Gasteiger partial charge in [-0.25, -0.2) is 0 Å². The van der Waals surface area contributed by atoms with Crippen LogP contribution in [0.15, 0.2) is 54.1 Å². The lowest BCUT2D eigenvalue weighted by Crippen LogP contribution is -2.33. The third kappa shape index (κ3) is 2.37. The molecule has 22 heavy (non-hydrogen) atoms. The molecule has 0 bridgehead atoms. The van der Waals surface area contributed by atoms with Crippen LogP contribution in [0.3, 0.4) is 0 Å². The molecule has 0 spiro atoms. The van der Waals surface area contributed by atoms with E-state index in [1.54, 1.807) is 4.90 Å². The number of ether oxygens (including phenoxy) is 1. The lowest BCUT2D eigenvalue weighted by molar-refractivity contribution is 0.107. The number of rotatable bonds is 2. The Kier molecular flexibility index (Phi) is 3.15. The maximum atomic E-state index is 10.1. The second-order valence-electron chi connectivity index (χ2n) is 5.55. The van der Waals surface area contributed by atoms with E-state index in [2.05, 4.69) is 0 Å². The highest BCUT2D eigenvalue weighted by atomic mass is 16.7. The maximum absolute atomic E-state index is 10.1. The van der Waals surface area contributed by atoms with Gasteiger partial charge in [-0.05, 0) is 18.4 Å². The van der Waals surface area contributed by atoms with E-state index < -0.39 is 7.12 Å². The van der Waals surface area contributed by atoms with Gasteiger partial charge in [0.2, 0.25) is 0 Å². The van der Waals surface area contributed by atoms with E-state index in [-0.39, 0.29) is 24.0 Å². The minimum Gasteiger partial charge on any atom is -0.496 e. The fourth-order valence-electron chi connectivity index (χ4n) is 2.93. The number of hydrogen-bond acceptors (Lipinski definition) is 6. The Morgan fingerprint density at radius 2 is 1.95 bits per heavy atom. The van der Waals surface area contributed by atoms with Gasteiger partial charge in [0.15, 0.2) is 6.00 Å². The lowest BCUT2D eigenvalue weighted by Gasteiger charge is -2.22. The van der Waals surface area contributed by atoms with Crippen LogP contribution in [0, 0.1) is 0 Å². The highest BCUT2D eigenvalue weighted by molar-refractivity contribution is 6.48. The van der Waals surface area contributed by atoms with Crippen molar-refractivity contribution in [1.82, 2.24) is 4.90 Å². The van der Waals surface area contributed by atoms with Crippen LogP contribution in [-0.4, -0.2) is 34.8 Å². The second kappa shape index (κ2) is 5.17. The molecule has 2 saturated heterocycles. The van der Waals surface area contributed by atoms with Gasteiger partial charge in [0.1, 0.15) is 6.10 Å². The Hall–Kier alpha value is -2.28. The zero-order chi connectivity index (χ0) is 15.1. The first kappa shape index (κ1) is 13.4. The first-order chi connectivity index (χ1) is 10.7. The van der Waals surface area contributed by atoms with E-state index in [1.165, 1.54) is 6.20 Å². The topological polar surface area (TPSA) is 74.7 Å². The van der Waals surface area contributed by atoms with Gasteiger partial charge in [-0.1, -0.05) is 30.3 Å². The number of aliphatic hydroxyl groups excluding tert-OH is 2. The van der Waals surface area contributed by atoms with E-state index in [1.807, 2.05) is 30.3 Å². The van der Waals surface area contributed by atoms with Crippen molar-refractivity contribution in [3.05, 3.63) is 59.7 Å². The molecule has 7 heteroatoms. The summed E-state index contributed by atoms with van der Waals surface area (Å²) >= 11 is 0. The third-order valence-corrected chi connectivity index (χ3v) is 4.06. The summed E-state index contributed by atoms with van der Waals surface area (Å²) in [5.41, 5.74) is 1.68. The van der Waals surface area contributed by atoms with Gasteiger partial charge in [0.25, 0.3) is 11.9 Å². The SMILES string of the molecule is O/C1=C/N2CCC/C2=C(\O)OB(C2OC2c2ccccc2)O1. The van der Waals surface area contributed by atoms with Crippen LogP contribution >= 0.6 is 0 Å². The summed E-state index contributed by atoms with van der Waals surface area (Å²) in [5.74, 6) is -0.396. The number of nitrogens with zero attached hydrogens (tertiary/aromatic N) is 1. The highest BCUT2D eigenvalue weighted by Gasteiger charge is 2.56. The van der Waals surface area contributed by atoms with Gasteiger partial charge in [-0.15, -0.1) is 0 Å². The molecule has 2 fully saturated rings. The minimum atomic E-state index is -0.878. The first-order valence-corrected chi connectivity index (χ1v) is 7.35. The molecular weight excluding hydrogens is 285 g/mol. The van der Waals surface area contributed by atoms with Crippen LogP contribution in [0.1, 0.15) is 24.5 Å². The standard InChI is InChI=1S/C15H16BNO5/c18-12-9-17-8-4-7-11(17)15(19)22-16(21-12)14-13(20-14)10-5-2-1-3-6-10/h1-3,5-6,9,13-14,18-19H,4,7-8H2/b12-9-,15-11-. The van der Waals surface area contributed by atoms with Crippen molar-refractivity contribution in [2.24, 2.45) is 0 Å². The van der Waals surface area contributed by atoms with Gasteiger partial charge < -0.3 is 29.2 Å². The molecule has 2 unspecified atom stereocenters. The van der Waals surface area contributed by atoms with E-state index in [0.717, 1.165) is 12.0 Å². The molecule has 0 aliphatic carbocycles. The van der Waals surface area contributed by atoms with Crippen LogP contribution in [0.2, 0.25) is 0 Å². The van der Waals surface area contributed by atoms with Crippen molar-refractivity contribution >= 4 is 7.12 Å². The number of fused-ring (bicyclic) bond motifs is 1. The van der Waals surface area contributed by atoms with E-state index >= 15 is 0 Å². The van der Waals surface area contributed by atoms with Crippen molar-refractivity contribution in [2.45, 2.75) is 24.9 Å². The zero-order valence-electron chi connectivity index (χ0n) is 11.9. The molecule has 114 valence electrons. The van der Waals surface area contributed by atoms with Crippen LogP contribution in [-0.2, 0) is 14.0 Å². The number of hydrogen-bond donors (Lipinski definition) is 2. The summed E-state index contributed by atoms with van der Waals surface area (Å²) in [4.78, 5) is 1.74. The maximum Gasteiger partial charge on any atom is 0.633 e. The predicted molar refractivity (Wildman–Crippen MR) is 78.3 cm³/mol. The Labute approximate surface area is 128 Å². The summed E-state index contributed by atoms with van der Waals surface area (Å²) in [7, 11) is -0.878. The van der Waals surface area contributed by atoms with Gasteiger partial charge in [-0.3, -0.25) is 0 Å². The van der Waals surface area contributed by atoms with Gasteiger partial charge in [-0.2, -0.15) is 0 Å². The molecule has 0 aromatic heterocycles. The smallest absolute Gasteiger partial charge is 0.496 e. The van der Waals surface area contributed by atoms with Crippen molar-refractivity contribution in [1.29, 1.82) is 0 Å². The molecule has 1 aromatic carbocycles. The third-order valence-electron chi connectivity index (χ3n) is 4.06. The summed E-state index contributed by atoms with van der Waals surface area (Å²) in [5, 5.41) is 20.1. The zero-order valence-corrected chi connectivity index (χ0v) is 11.9. The largest absolute Gasteiger partial charge is 0.633 e. The second-order valence-corrected chi connectivity index (χ2v) is 5.55. The van der Waals surface area contributed by atoms with E-state index in [9.17, 15) is 10.2 Å². The average molecular weight is 301 g/mol. The predicted octanol–water partition coefficient (Wildman–Crippen LogP) is 2.38. The first-order valence-electron chi connectivity index (χ1n) is 7.35. The number of epoxide rings is 1. The molecule has 3 aliphatic heterocycles. The normalized spacial score (nSPS) is 33.0.